The number of hydrogen-bond acceptors (Lipinski definition) is 3. The van der Waals surface area contributed by atoms with E-state index in [9.17, 15) is 4.79 Å². The highest BCUT2D eigenvalue weighted by molar-refractivity contribution is 5.72. The van der Waals surface area contributed by atoms with Crippen LogP contribution >= 0.6 is 0 Å². The van der Waals surface area contributed by atoms with Crippen molar-refractivity contribution < 1.29 is 9.53 Å². The standard InChI is InChI=1S/C11H14N3O2/c12-11(15)14-6-3-9(4-7-14)16-10-2-1-5-13-8-10/h1-2,5,9H,3-4,6-7H2,(H2,12,15). The number of nitrogens with zero attached hydrogens (tertiary/aromatic N) is 2. The van der Waals surface area contributed by atoms with Crippen molar-refractivity contribution in [3.05, 3.63) is 24.5 Å². The number of hydrogen-bond donors (Lipinski definition) is 1. The average Bonchev–Trinajstić information content (AvgIpc) is 2.31. The van der Waals surface area contributed by atoms with Gasteiger partial charge in [0, 0.05) is 32.1 Å². The summed E-state index contributed by atoms with van der Waals surface area (Å²) in [6.45, 7) is 1.31. The van der Waals surface area contributed by atoms with Crippen LogP contribution in [0, 0.1) is 6.20 Å². The summed E-state index contributed by atoms with van der Waals surface area (Å²) in [5, 5.41) is 0. The number of nitrogens with two attached hydrogens (primary N) is 1. The number of pyridine rings is 1. The van der Waals surface area contributed by atoms with Crippen molar-refractivity contribution in [2.24, 2.45) is 5.73 Å². The predicted octanol–water partition coefficient (Wildman–Crippen LogP) is 0.804. The number of rotatable bonds is 2. The van der Waals surface area contributed by atoms with E-state index < -0.39 is 0 Å². The van der Waals surface area contributed by atoms with Gasteiger partial charge in [0.2, 0.25) is 0 Å². The number of urea groups is 1. The molecule has 0 bridgehead atoms. The Morgan fingerprint density at radius 2 is 2.31 bits per heavy atom. The summed E-state index contributed by atoms with van der Waals surface area (Å²) in [4.78, 5) is 16.4. The maximum absolute atomic E-state index is 10.9. The van der Waals surface area contributed by atoms with Crippen molar-refractivity contribution in [2.75, 3.05) is 13.1 Å². The molecule has 85 valence electrons. The van der Waals surface area contributed by atoms with Gasteiger partial charge in [-0.15, -0.1) is 0 Å². The van der Waals surface area contributed by atoms with E-state index in [1.54, 1.807) is 11.1 Å². The zero-order valence-corrected chi connectivity index (χ0v) is 8.93. The Hall–Kier alpha value is -1.78. The molecule has 16 heavy (non-hydrogen) atoms. The van der Waals surface area contributed by atoms with Gasteiger partial charge in [-0.1, -0.05) is 0 Å². The Bertz CT molecular complexity index is 348. The third kappa shape index (κ3) is 2.62. The lowest BCUT2D eigenvalue weighted by Crippen LogP contribution is -2.44. The summed E-state index contributed by atoms with van der Waals surface area (Å²) in [7, 11) is 0. The monoisotopic (exact) mass is 220 g/mol. The Morgan fingerprint density at radius 3 is 2.88 bits per heavy atom. The minimum absolute atomic E-state index is 0.121. The minimum Gasteiger partial charge on any atom is -0.488 e. The molecular weight excluding hydrogens is 206 g/mol. The Morgan fingerprint density at radius 1 is 1.56 bits per heavy atom. The largest absolute Gasteiger partial charge is 0.488 e. The second-order valence-corrected chi connectivity index (χ2v) is 3.76. The maximum Gasteiger partial charge on any atom is 0.314 e. The molecule has 0 aromatic carbocycles. The van der Waals surface area contributed by atoms with Gasteiger partial charge in [0.05, 0.1) is 0 Å². The van der Waals surface area contributed by atoms with Crippen molar-refractivity contribution in [1.82, 2.24) is 9.88 Å². The fourth-order valence-corrected chi connectivity index (χ4v) is 1.75. The molecule has 1 aliphatic heterocycles. The number of carbonyl (C=O) groups is 1. The van der Waals surface area contributed by atoms with Crippen molar-refractivity contribution in [3.63, 3.8) is 0 Å². The zero-order valence-electron chi connectivity index (χ0n) is 8.93. The molecule has 2 N–H and O–H groups in total. The first kappa shape index (κ1) is 10.7. The van der Waals surface area contributed by atoms with Crippen molar-refractivity contribution in [1.29, 1.82) is 0 Å². The Balaban J connectivity index is 1.84. The SMILES string of the molecule is NC(=O)N1CCC(Oc2[c]nccc2)CC1. The molecule has 0 unspecified atom stereocenters. The smallest absolute Gasteiger partial charge is 0.314 e. The summed E-state index contributed by atoms with van der Waals surface area (Å²) in [6, 6.07) is 3.28. The summed E-state index contributed by atoms with van der Waals surface area (Å²) in [5.41, 5.74) is 5.20. The number of piperidine rings is 1. The van der Waals surface area contributed by atoms with Crippen molar-refractivity contribution >= 4 is 6.03 Å². The number of primary amides is 1. The van der Waals surface area contributed by atoms with Gasteiger partial charge in [0.1, 0.15) is 18.1 Å². The second kappa shape index (κ2) is 4.83. The fraction of sp³-hybridized carbons (Fsp3) is 0.455. The highest BCUT2D eigenvalue weighted by atomic mass is 16.5. The number of ether oxygens (including phenoxy) is 1. The van der Waals surface area contributed by atoms with Gasteiger partial charge >= 0.3 is 6.03 Å². The van der Waals surface area contributed by atoms with Crippen LogP contribution in [0.1, 0.15) is 12.8 Å². The van der Waals surface area contributed by atoms with Crippen LogP contribution in [0.15, 0.2) is 18.3 Å². The molecule has 1 saturated heterocycles. The van der Waals surface area contributed by atoms with Crippen LogP contribution in [-0.2, 0) is 0 Å². The van der Waals surface area contributed by atoms with Gasteiger partial charge in [-0.3, -0.25) is 4.98 Å². The summed E-state index contributed by atoms with van der Waals surface area (Å²) in [5.74, 6) is 0.653. The molecule has 1 aromatic heterocycles. The molecule has 1 fully saturated rings. The van der Waals surface area contributed by atoms with Crippen LogP contribution in [0.25, 0.3) is 0 Å². The van der Waals surface area contributed by atoms with E-state index in [0.29, 0.717) is 18.8 Å². The molecule has 1 radical (unpaired) electrons. The number of likely N-dealkylation sites (tertiary alicyclic amines) is 1. The number of carbonyl (C=O) groups excluding carboxylic acids is 1. The van der Waals surface area contributed by atoms with Crippen LogP contribution in [-0.4, -0.2) is 35.1 Å². The van der Waals surface area contributed by atoms with Crippen LogP contribution in [0.2, 0.25) is 0 Å². The number of amides is 2. The second-order valence-electron chi connectivity index (χ2n) is 3.76. The molecule has 1 aliphatic rings. The first-order chi connectivity index (χ1) is 7.75. The van der Waals surface area contributed by atoms with Crippen molar-refractivity contribution in [2.45, 2.75) is 18.9 Å². The molecule has 0 spiro atoms. The third-order valence-corrected chi connectivity index (χ3v) is 2.63. The van der Waals surface area contributed by atoms with E-state index in [1.165, 1.54) is 0 Å². The van der Waals surface area contributed by atoms with Gasteiger partial charge < -0.3 is 15.4 Å². The van der Waals surface area contributed by atoms with Crippen LogP contribution < -0.4 is 10.5 Å². The summed E-state index contributed by atoms with van der Waals surface area (Å²) >= 11 is 0. The quantitative estimate of drug-likeness (QED) is 0.801. The predicted molar refractivity (Wildman–Crippen MR) is 57.9 cm³/mol. The first-order valence-electron chi connectivity index (χ1n) is 5.29. The average molecular weight is 220 g/mol. The maximum atomic E-state index is 10.9. The molecule has 0 saturated carbocycles. The Kier molecular flexibility index (Phi) is 3.24. The topological polar surface area (TPSA) is 68.5 Å². The van der Waals surface area contributed by atoms with E-state index >= 15 is 0 Å². The van der Waals surface area contributed by atoms with Crippen LogP contribution in [0.3, 0.4) is 0 Å². The molecule has 2 amide bonds. The van der Waals surface area contributed by atoms with Crippen LogP contribution in [0.4, 0.5) is 4.79 Å². The van der Waals surface area contributed by atoms with Gasteiger partial charge in [0.25, 0.3) is 0 Å². The molecule has 0 atom stereocenters. The molecule has 5 heteroatoms. The van der Waals surface area contributed by atoms with Gasteiger partial charge in [-0.2, -0.15) is 0 Å². The Labute approximate surface area is 94.2 Å². The zero-order chi connectivity index (χ0) is 11.4. The highest BCUT2D eigenvalue weighted by Crippen LogP contribution is 2.17. The lowest BCUT2D eigenvalue weighted by atomic mass is 10.1. The molecule has 2 heterocycles. The normalized spacial score (nSPS) is 17.1. The molecule has 5 nitrogen and oxygen atoms in total. The van der Waals surface area contributed by atoms with Gasteiger partial charge in [-0.25, -0.2) is 4.79 Å². The first-order valence-corrected chi connectivity index (χ1v) is 5.29. The lowest BCUT2D eigenvalue weighted by molar-refractivity contribution is 0.113. The van der Waals surface area contributed by atoms with Crippen LogP contribution in [0.5, 0.6) is 5.75 Å². The highest BCUT2D eigenvalue weighted by Gasteiger charge is 2.22. The van der Waals surface area contributed by atoms with E-state index in [4.69, 9.17) is 10.5 Å². The summed E-state index contributed by atoms with van der Waals surface area (Å²) in [6.07, 6.45) is 6.14. The fourth-order valence-electron chi connectivity index (χ4n) is 1.75. The molecular formula is C11H14N3O2. The summed E-state index contributed by atoms with van der Waals surface area (Å²) < 4.78 is 5.69. The van der Waals surface area contributed by atoms with E-state index in [1.807, 2.05) is 12.1 Å². The minimum atomic E-state index is -0.355. The number of aromatic nitrogens is 1. The lowest BCUT2D eigenvalue weighted by Gasteiger charge is -2.30. The van der Waals surface area contributed by atoms with Crippen molar-refractivity contribution in [3.8, 4) is 5.75 Å². The molecule has 2 rings (SSSR count). The molecule has 0 aliphatic carbocycles. The van der Waals surface area contributed by atoms with Gasteiger partial charge in [0.15, 0.2) is 0 Å². The van der Waals surface area contributed by atoms with E-state index in [2.05, 4.69) is 11.2 Å². The van der Waals surface area contributed by atoms with E-state index in [-0.39, 0.29) is 12.1 Å². The van der Waals surface area contributed by atoms with Gasteiger partial charge in [-0.05, 0) is 12.1 Å². The van der Waals surface area contributed by atoms with E-state index in [0.717, 1.165) is 12.8 Å². The third-order valence-electron chi connectivity index (χ3n) is 2.63. The molecule has 1 aromatic rings.